The van der Waals surface area contributed by atoms with Gasteiger partial charge in [-0.25, -0.2) is 13.9 Å². The van der Waals surface area contributed by atoms with Gasteiger partial charge in [0, 0.05) is 13.1 Å². The normalized spacial score (nSPS) is 27.1. The number of esters is 1. The molecule has 1 saturated carbocycles. The van der Waals surface area contributed by atoms with E-state index in [1.54, 1.807) is 23.0 Å². The number of cyclic esters (lactones) is 1. The number of aryl methyl sites for hydroxylation is 1. The standard InChI is InChI=1S/C37H46FN5O5/c1-24(2)25-6-9-30-26(18-25)7-11-33-36(30,3)12-5-13-37(33,4)34(44)47-23-27-20-42(40-39-27)21-29-22-43(35(45)48-29)28-8-10-32(31(38)19-28)41-14-16-46-17-15-41/h6,8-10,18-20,24,29,33H,5,7,11-17,21-23H2,1-4H3/t29?,33-,36-,37-/m1/s1. The fraction of sp³-hybridized carbons (Fsp3) is 0.568. The molecule has 2 aliphatic carbocycles. The Bertz CT molecular complexity index is 1690. The predicted molar refractivity (Wildman–Crippen MR) is 179 cm³/mol. The molecule has 4 aliphatic rings. The number of hydrogen-bond donors (Lipinski definition) is 0. The van der Waals surface area contributed by atoms with Crippen LogP contribution in [0.5, 0.6) is 0 Å². The smallest absolute Gasteiger partial charge is 0.414 e. The molecule has 3 aromatic rings. The highest BCUT2D eigenvalue weighted by molar-refractivity contribution is 5.90. The van der Waals surface area contributed by atoms with Gasteiger partial charge in [-0.05, 0) is 84.7 Å². The molecule has 3 heterocycles. The molecule has 256 valence electrons. The highest BCUT2D eigenvalue weighted by Crippen LogP contribution is 2.57. The molecule has 0 spiro atoms. The summed E-state index contributed by atoms with van der Waals surface area (Å²) in [5.41, 5.74) is 5.01. The molecule has 2 aromatic carbocycles. The van der Waals surface area contributed by atoms with Crippen molar-refractivity contribution in [3.05, 3.63) is 70.8 Å². The minimum absolute atomic E-state index is 0.0253. The van der Waals surface area contributed by atoms with Crippen molar-refractivity contribution < 1.29 is 28.2 Å². The first-order valence-corrected chi connectivity index (χ1v) is 17.3. The maximum atomic E-state index is 15.0. The summed E-state index contributed by atoms with van der Waals surface area (Å²) in [5.74, 6) is 0.121. The maximum absolute atomic E-state index is 15.0. The van der Waals surface area contributed by atoms with Crippen molar-refractivity contribution in [2.45, 2.75) is 90.4 Å². The third-order valence-corrected chi connectivity index (χ3v) is 11.3. The first kappa shape index (κ1) is 32.6. The number of rotatable bonds is 8. The van der Waals surface area contributed by atoms with E-state index in [-0.39, 0.29) is 42.8 Å². The number of amides is 1. The molecule has 7 rings (SSSR count). The van der Waals surface area contributed by atoms with E-state index < -0.39 is 17.6 Å². The van der Waals surface area contributed by atoms with E-state index in [9.17, 15) is 9.59 Å². The molecule has 10 nitrogen and oxygen atoms in total. The van der Waals surface area contributed by atoms with Crippen molar-refractivity contribution in [2.24, 2.45) is 11.3 Å². The summed E-state index contributed by atoms with van der Waals surface area (Å²) < 4.78 is 33.5. The lowest BCUT2D eigenvalue weighted by Crippen LogP contribution is -2.52. The number of morpholine rings is 1. The number of halogens is 1. The zero-order chi connectivity index (χ0) is 33.6. The number of aromatic nitrogens is 3. The van der Waals surface area contributed by atoms with Gasteiger partial charge in [0.25, 0.3) is 0 Å². The number of hydrogen-bond acceptors (Lipinski definition) is 8. The zero-order valence-electron chi connectivity index (χ0n) is 28.4. The molecule has 11 heteroatoms. The number of benzene rings is 2. The van der Waals surface area contributed by atoms with Gasteiger partial charge in [-0.15, -0.1) is 5.10 Å². The highest BCUT2D eigenvalue weighted by Gasteiger charge is 2.55. The summed E-state index contributed by atoms with van der Waals surface area (Å²) in [7, 11) is 0. The van der Waals surface area contributed by atoms with Crippen LogP contribution in [0.1, 0.15) is 81.7 Å². The molecule has 1 aromatic heterocycles. The van der Waals surface area contributed by atoms with Crippen molar-refractivity contribution in [1.29, 1.82) is 0 Å². The Labute approximate surface area is 281 Å². The number of ether oxygens (including phenoxy) is 3. The van der Waals surface area contributed by atoms with Crippen LogP contribution in [0.25, 0.3) is 0 Å². The number of fused-ring (bicyclic) bond motifs is 3. The third-order valence-electron chi connectivity index (χ3n) is 11.3. The second kappa shape index (κ2) is 12.8. The Balaban J connectivity index is 0.960. The molecule has 0 bridgehead atoms. The molecule has 1 unspecified atom stereocenters. The average molecular weight is 660 g/mol. The highest BCUT2D eigenvalue weighted by atomic mass is 19.1. The Morgan fingerprint density at radius 3 is 2.71 bits per heavy atom. The summed E-state index contributed by atoms with van der Waals surface area (Å²) in [5, 5.41) is 8.42. The van der Waals surface area contributed by atoms with Crippen LogP contribution in [0, 0.1) is 17.2 Å². The molecule has 2 saturated heterocycles. The van der Waals surface area contributed by atoms with Gasteiger partial charge in [0.2, 0.25) is 0 Å². The quantitative estimate of drug-likeness (QED) is 0.266. The zero-order valence-corrected chi connectivity index (χ0v) is 28.4. The molecule has 2 aliphatic heterocycles. The topological polar surface area (TPSA) is 99.0 Å². The summed E-state index contributed by atoms with van der Waals surface area (Å²) >= 11 is 0. The van der Waals surface area contributed by atoms with E-state index in [1.807, 2.05) is 4.90 Å². The molecular weight excluding hydrogens is 613 g/mol. The average Bonchev–Trinajstić information content (AvgIpc) is 3.68. The first-order valence-electron chi connectivity index (χ1n) is 17.3. The summed E-state index contributed by atoms with van der Waals surface area (Å²) in [6, 6.07) is 11.8. The van der Waals surface area contributed by atoms with E-state index in [2.05, 4.69) is 56.2 Å². The second-order valence-corrected chi connectivity index (χ2v) is 14.7. The molecule has 1 amide bonds. The lowest BCUT2D eigenvalue weighted by atomic mass is 9.49. The van der Waals surface area contributed by atoms with Gasteiger partial charge in [-0.2, -0.15) is 0 Å². The lowest BCUT2D eigenvalue weighted by Gasteiger charge is -2.54. The minimum atomic E-state index is -0.585. The van der Waals surface area contributed by atoms with E-state index >= 15 is 4.39 Å². The predicted octanol–water partition coefficient (Wildman–Crippen LogP) is 6.16. The van der Waals surface area contributed by atoms with Gasteiger partial charge in [-0.1, -0.05) is 50.6 Å². The maximum Gasteiger partial charge on any atom is 0.414 e. The molecule has 3 fully saturated rings. The van der Waals surface area contributed by atoms with E-state index in [0.717, 1.165) is 32.1 Å². The van der Waals surface area contributed by atoms with Crippen molar-refractivity contribution in [3.63, 3.8) is 0 Å². The molecule has 48 heavy (non-hydrogen) atoms. The Hall–Kier alpha value is -3.99. The van der Waals surface area contributed by atoms with Gasteiger partial charge in [-0.3, -0.25) is 9.69 Å². The van der Waals surface area contributed by atoms with Crippen molar-refractivity contribution in [2.75, 3.05) is 42.6 Å². The van der Waals surface area contributed by atoms with Gasteiger partial charge < -0.3 is 19.1 Å². The van der Waals surface area contributed by atoms with Crippen LogP contribution in [0.2, 0.25) is 0 Å². The van der Waals surface area contributed by atoms with Crippen LogP contribution in [-0.2, 0) is 44.0 Å². The van der Waals surface area contributed by atoms with Crippen LogP contribution in [-0.4, -0.2) is 66.0 Å². The number of carbonyl (C=O) groups is 2. The van der Waals surface area contributed by atoms with Crippen LogP contribution in [0.3, 0.4) is 0 Å². The van der Waals surface area contributed by atoms with Crippen LogP contribution >= 0.6 is 0 Å². The lowest BCUT2D eigenvalue weighted by molar-refractivity contribution is -0.166. The largest absolute Gasteiger partial charge is 0.459 e. The second-order valence-electron chi connectivity index (χ2n) is 14.7. The number of nitrogens with zero attached hydrogens (tertiary/aromatic N) is 5. The number of anilines is 2. The first-order chi connectivity index (χ1) is 23.0. The van der Waals surface area contributed by atoms with Crippen molar-refractivity contribution in [1.82, 2.24) is 15.0 Å². The fourth-order valence-corrected chi connectivity index (χ4v) is 8.67. The van der Waals surface area contributed by atoms with E-state index in [1.165, 1.54) is 27.7 Å². The minimum Gasteiger partial charge on any atom is -0.459 e. The van der Waals surface area contributed by atoms with E-state index in [4.69, 9.17) is 14.2 Å². The molecule has 0 radical (unpaired) electrons. The summed E-state index contributed by atoms with van der Waals surface area (Å²) in [4.78, 5) is 29.9. The summed E-state index contributed by atoms with van der Waals surface area (Å²) in [6.45, 7) is 11.8. The molecule has 4 atom stereocenters. The fourth-order valence-electron chi connectivity index (χ4n) is 8.67. The van der Waals surface area contributed by atoms with Crippen LogP contribution in [0.15, 0.2) is 42.6 Å². The Morgan fingerprint density at radius 1 is 1.12 bits per heavy atom. The third kappa shape index (κ3) is 5.95. The van der Waals surface area contributed by atoms with E-state index in [0.29, 0.717) is 49.3 Å². The van der Waals surface area contributed by atoms with Crippen LogP contribution < -0.4 is 9.80 Å². The van der Waals surface area contributed by atoms with Crippen LogP contribution in [0.4, 0.5) is 20.6 Å². The Morgan fingerprint density at radius 2 is 1.94 bits per heavy atom. The van der Waals surface area contributed by atoms with Gasteiger partial charge in [0.15, 0.2) is 0 Å². The van der Waals surface area contributed by atoms with Crippen molar-refractivity contribution >= 4 is 23.4 Å². The monoisotopic (exact) mass is 659 g/mol. The van der Waals surface area contributed by atoms with Crippen molar-refractivity contribution in [3.8, 4) is 0 Å². The molecule has 0 N–H and O–H groups in total. The summed E-state index contributed by atoms with van der Waals surface area (Å²) in [6.07, 6.45) is 5.48. The van der Waals surface area contributed by atoms with Gasteiger partial charge >= 0.3 is 12.1 Å². The Kier molecular flexibility index (Phi) is 8.68. The number of carbonyl (C=O) groups excluding carboxylic acids is 2. The molecular formula is C37H46FN5O5. The SMILES string of the molecule is CC(C)c1ccc2c(c1)CC[C@H]1[C@](C)(C(=O)OCc3cn(CC4CN(c5ccc(N6CCOCC6)c(F)c5)C(=O)O4)nn3)CCC[C@]21C. The van der Waals surface area contributed by atoms with Gasteiger partial charge in [0.1, 0.15) is 24.2 Å². The van der Waals surface area contributed by atoms with Gasteiger partial charge in [0.05, 0.1) is 49.3 Å².